The summed E-state index contributed by atoms with van der Waals surface area (Å²) in [6.07, 6.45) is 24.0. The van der Waals surface area contributed by atoms with E-state index in [9.17, 15) is 19.8 Å². The van der Waals surface area contributed by atoms with Crippen molar-refractivity contribution in [3.8, 4) is 45.0 Å². The molecule has 122 heavy (non-hydrogen) atoms. The van der Waals surface area contributed by atoms with Gasteiger partial charge in [-0.2, -0.15) is 0 Å². The van der Waals surface area contributed by atoms with Gasteiger partial charge in [-0.1, -0.05) is 251 Å². The van der Waals surface area contributed by atoms with Crippen LogP contribution in [-0.4, -0.2) is 41.7 Å². The number of aryl methyl sites for hydroxylation is 8. The van der Waals surface area contributed by atoms with Crippen molar-refractivity contribution in [2.75, 3.05) is 0 Å². The number of fused-ring (bicyclic) bond motifs is 4. The van der Waals surface area contributed by atoms with E-state index in [-0.39, 0.29) is 110 Å². The Bertz CT molecular complexity index is 5630. The van der Waals surface area contributed by atoms with Gasteiger partial charge in [0.05, 0.1) is 5.48 Å². The maximum atomic E-state index is 11.9. The summed E-state index contributed by atoms with van der Waals surface area (Å²) in [6, 6.07) is 61.3. The van der Waals surface area contributed by atoms with Crippen LogP contribution in [0.15, 0.2) is 194 Å². The van der Waals surface area contributed by atoms with E-state index in [0.29, 0.717) is 17.8 Å². The van der Waals surface area contributed by atoms with Gasteiger partial charge >= 0.3 is 0 Å². The van der Waals surface area contributed by atoms with Crippen molar-refractivity contribution in [1.82, 2.24) is 19.9 Å². The first kappa shape index (κ1) is 93.8. The second-order valence-electron chi connectivity index (χ2n) is 35.0. The first-order chi connectivity index (χ1) is 59.0. The maximum Gasteiger partial charge on any atom is 0.162 e. The van der Waals surface area contributed by atoms with Crippen LogP contribution in [0, 0.1) is 102 Å². The van der Waals surface area contributed by atoms with Crippen LogP contribution in [0.25, 0.3) is 88.1 Å². The third-order valence-corrected chi connectivity index (χ3v) is 25.2. The second-order valence-corrected chi connectivity index (χ2v) is 35.0. The molecule has 2 radical (unpaired) electrons. The summed E-state index contributed by atoms with van der Waals surface area (Å²) in [5.41, 5.74) is 21.6. The number of aromatic nitrogens is 4. The minimum absolute atomic E-state index is 0. The van der Waals surface area contributed by atoms with Gasteiger partial charge in [0.25, 0.3) is 0 Å². The van der Waals surface area contributed by atoms with Crippen LogP contribution < -0.4 is 0 Å². The normalized spacial score (nSPS) is 13.6. The average molecular weight is 1990 g/mol. The monoisotopic (exact) mass is 1990 g/mol. The van der Waals surface area contributed by atoms with E-state index >= 15 is 0 Å². The first-order valence-corrected chi connectivity index (χ1v) is 44.6. The van der Waals surface area contributed by atoms with E-state index in [1.807, 2.05) is 121 Å². The molecule has 14 rings (SSSR count). The minimum Gasteiger partial charge on any atom is -0.512 e. The smallest absolute Gasteiger partial charge is 0.162 e. The van der Waals surface area contributed by atoms with Crippen LogP contribution in [0.2, 0.25) is 0 Å². The van der Waals surface area contributed by atoms with E-state index < -0.39 is 0 Å². The number of carbonyl (C=O) groups excluding carboxylic acids is 2. The molecule has 8 aromatic carbocycles. The predicted molar refractivity (Wildman–Crippen MR) is 510 cm³/mol. The number of allylic oxidation sites excluding steroid dienone is 4. The Morgan fingerprint density at radius 2 is 0.680 bits per heavy atom. The fourth-order valence-corrected chi connectivity index (χ4v) is 16.7. The Morgan fingerprint density at radius 3 is 0.984 bits per heavy atom. The van der Waals surface area contributed by atoms with Gasteiger partial charge in [-0.3, -0.25) is 9.59 Å². The number of rotatable bonds is 22. The van der Waals surface area contributed by atoms with Crippen LogP contribution in [0.4, 0.5) is 0 Å². The molecule has 0 bridgehead atoms. The summed E-state index contributed by atoms with van der Waals surface area (Å²) in [4.78, 5) is 41.8. The Balaban J connectivity index is 0.000000209. The van der Waals surface area contributed by atoms with Gasteiger partial charge in [-0.15, -0.1) is 140 Å². The maximum absolute atomic E-state index is 11.9. The predicted octanol–water partition coefficient (Wildman–Crippen LogP) is 31.4. The van der Waals surface area contributed by atoms with Crippen molar-refractivity contribution in [2.45, 2.75) is 279 Å². The van der Waals surface area contributed by atoms with Crippen molar-refractivity contribution >= 4 is 54.7 Å². The Morgan fingerprint density at radius 1 is 0.402 bits per heavy atom. The molecule has 0 saturated heterocycles. The molecule has 2 fully saturated rings. The first-order valence-electron chi connectivity index (χ1n) is 46.6. The van der Waals surface area contributed by atoms with Crippen molar-refractivity contribution in [2.24, 2.45) is 22.7 Å². The zero-order chi connectivity index (χ0) is 90.6. The van der Waals surface area contributed by atoms with Crippen LogP contribution in [0.1, 0.15) is 296 Å². The van der Waals surface area contributed by atoms with Crippen molar-refractivity contribution < 1.29 is 65.5 Å². The van der Waals surface area contributed by atoms with E-state index in [0.717, 1.165) is 152 Å². The SMILES string of the molecule is CCC(CC)C(=O)C=C(O)C(C)(CC)CC.CCC(CC)C(=O)C=C(O)C(C)(CC)CC.Cc1[c-]c(-c2nccc3cc(C(C)C)ccc23)cc(C)c1.Cc1[c-]c(-c2nccc3cc(C4CCCC4)ccc23)cc(C)c1.[2H]c1nc(-c2[c-]c(C)cc(C)c2)c2ccc(C(C)C)cc2c1[2H].[2H]c1nc(-c2[c-]c(C)cc(C)c2)c2ccc(C3CCCC3)cc2c1[2H].[Ir].[Ir]. The second kappa shape index (κ2) is 47.3. The molecule has 0 amide bonds. The van der Waals surface area contributed by atoms with E-state index in [1.165, 1.54) is 124 Å². The van der Waals surface area contributed by atoms with Crippen LogP contribution in [0.3, 0.4) is 0 Å². The van der Waals surface area contributed by atoms with Gasteiger partial charge in [0, 0.05) is 99.8 Å². The Kier molecular flexibility index (Phi) is 36.4. The zero-order valence-corrected chi connectivity index (χ0v) is 81.7. The number of nitrogens with zero attached hydrogens (tertiary/aromatic N) is 4. The number of aliphatic hydroxyl groups excluding tert-OH is 2. The molecule has 2 aliphatic rings. The fraction of sp³-hybridized carbons (Fsp3) is 0.411. The molecule has 2 saturated carbocycles. The summed E-state index contributed by atoms with van der Waals surface area (Å²) in [6.45, 7) is 45.5. The molecule has 2 aliphatic carbocycles. The summed E-state index contributed by atoms with van der Waals surface area (Å²) < 4.78 is 32.8. The van der Waals surface area contributed by atoms with E-state index in [1.54, 1.807) is 0 Å². The van der Waals surface area contributed by atoms with Gasteiger partial charge in [-0.05, 0) is 213 Å². The molecule has 4 heterocycles. The number of hydrogen-bond donors (Lipinski definition) is 2. The number of hydrogen-bond acceptors (Lipinski definition) is 8. The summed E-state index contributed by atoms with van der Waals surface area (Å²) in [5.74, 6) is 3.01. The largest absolute Gasteiger partial charge is 0.512 e. The molecule has 0 aliphatic heterocycles. The minimum atomic E-state index is -0.248. The number of aliphatic hydroxyl groups is 2. The summed E-state index contributed by atoms with van der Waals surface area (Å²) in [5, 5.41) is 28.5. The molecule has 0 atom stereocenters. The number of carbonyl (C=O) groups is 2. The topological polar surface area (TPSA) is 126 Å². The summed E-state index contributed by atoms with van der Waals surface area (Å²) in [7, 11) is 0. The van der Waals surface area contributed by atoms with Gasteiger partial charge in [0.1, 0.15) is 11.5 Å². The van der Waals surface area contributed by atoms with Crippen LogP contribution in [0.5, 0.6) is 0 Å². The van der Waals surface area contributed by atoms with E-state index in [2.05, 4.69) is 222 Å². The van der Waals surface area contributed by atoms with Crippen molar-refractivity contribution in [3.05, 3.63) is 285 Å². The molecular weight excluding hydrogens is 1850 g/mol. The average Bonchev–Trinajstić information content (AvgIpc) is 0.891. The third-order valence-electron chi connectivity index (χ3n) is 25.2. The molecule has 2 N–H and O–H groups in total. The number of pyridine rings is 4. The Hall–Kier alpha value is -8.88. The van der Waals surface area contributed by atoms with Crippen molar-refractivity contribution in [3.63, 3.8) is 0 Å². The zero-order valence-electron chi connectivity index (χ0n) is 81.0. The number of ketones is 2. The van der Waals surface area contributed by atoms with Gasteiger partial charge in [0.2, 0.25) is 0 Å². The molecule has 10 heteroatoms. The molecule has 4 aromatic heterocycles. The van der Waals surface area contributed by atoms with Gasteiger partial charge in [0.15, 0.2) is 11.6 Å². The molecule has 0 unspecified atom stereocenters. The van der Waals surface area contributed by atoms with Gasteiger partial charge < -0.3 is 30.1 Å². The fourth-order valence-electron chi connectivity index (χ4n) is 16.7. The molecule has 8 nitrogen and oxygen atoms in total. The summed E-state index contributed by atoms with van der Waals surface area (Å²) >= 11 is 0. The standard InChI is InChI=1S/2C22H22N.2C20H20N.2C14H26O2.2Ir/c2*1-15-11-16(2)13-20(12-15)22-21-8-7-18(17-5-3-4-6-17)14-19(21)9-10-23-22;2*1-13(2)16-5-6-19-17(12-16)7-8-21-20(19)18-10-14(3)9-15(4)11-18;2*1-6-11(7-2)12(15)10-13(16)14(5,8-3)9-4;;/h2*7-12,14,17H,3-6H2,1-2H3;2*5-10,12-13H,1-4H3;2*10-11,16H,6-9H2,1-5H3;;/q4*-1;;;;/i9D,10D;;7D,8D;;;;;. The Labute approximate surface area is 766 Å². The molecule has 12 aromatic rings. The quantitative estimate of drug-likeness (QED) is 0.0390. The van der Waals surface area contributed by atoms with Crippen LogP contribution >= 0.6 is 0 Å². The molecular formula is C112H136Ir2N4O4-4. The molecule has 0 spiro atoms. The van der Waals surface area contributed by atoms with Crippen LogP contribution in [-0.2, 0) is 49.8 Å². The van der Waals surface area contributed by atoms with Gasteiger partial charge in [-0.25, -0.2) is 0 Å². The van der Waals surface area contributed by atoms with E-state index in [4.69, 9.17) is 5.48 Å². The third kappa shape index (κ3) is 26.6. The van der Waals surface area contributed by atoms with Crippen molar-refractivity contribution in [1.29, 1.82) is 0 Å². The molecule has 650 valence electrons. The number of benzene rings is 8.